The summed E-state index contributed by atoms with van der Waals surface area (Å²) < 4.78 is 56.1. The molecule has 0 spiro atoms. The molecule has 1 aliphatic carbocycles. The number of rotatable bonds is 16. The lowest BCUT2D eigenvalue weighted by Gasteiger charge is -2.22. The largest absolute Gasteiger partial charge is 0.756 e. The van der Waals surface area contributed by atoms with Gasteiger partial charge >= 0.3 is 21.3 Å². The third-order valence-electron chi connectivity index (χ3n) is 10.2. The van der Waals surface area contributed by atoms with E-state index in [1.54, 1.807) is 23.3 Å². The maximum atomic E-state index is 14.1. The van der Waals surface area contributed by atoms with Crippen LogP contribution in [0, 0.1) is 11.8 Å². The maximum absolute atomic E-state index is 14.1. The molecule has 3 aromatic rings. The molecule has 5 atom stereocenters. The van der Waals surface area contributed by atoms with Crippen LogP contribution in [0.25, 0.3) is 31.7 Å². The van der Waals surface area contributed by atoms with Crippen LogP contribution in [0.4, 0.5) is 11.5 Å². The molecule has 1 saturated heterocycles. The van der Waals surface area contributed by atoms with Crippen molar-refractivity contribution in [1.29, 1.82) is 0 Å². The van der Waals surface area contributed by atoms with Crippen LogP contribution in [0.15, 0.2) is 71.7 Å². The third kappa shape index (κ3) is 12.9. The number of phosphoric acid groups is 3. The fraction of sp³-hybridized carbons (Fsp3) is 0.341. The Kier molecular flexibility index (Phi) is 15.9. The number of carbonyl (C=O) groups excluding carboxylic acids is 2. The number of nitrogens with two attached hydrogens (primary N) is 1. The predicted octanol–water partition coefficient (Wildman–Crippen LogP) is 3.32. The molecule has 21 nitrogen and oxygen atoms in total. The minimum absolute atomic E-state index is 0.0788. The van der Waals surface area contributed by atoms with E-state index in [4.69, 9.17) is 15.4 Å². The van der Waals surface area contributed by atoms with Gasteiger partial charge in [0.15, 0.2) is 0 Å². The van der Waals surface area contributed by atoms with Gasteiger partial charge in [0.05, 0.1) is 24.8 Å². The smallest absolute Gasteiger partial charge is 0.487 e. The molecule has 0 bridgehead atoms. The summed E-state index contributed by atoms with van der Waals surface area (Å²) in [6, 6.07) is 20.3. The summed E-state index contributed by atoms with van der Waals surface area (Å²) in [4.78, 5) is 86.4. The summed E-state index contributed by atoms with van der Waals surface area (Å²) in [7, 11) is -7.26. The van der Waals surface area contributed by atoms with Gasteiger partial charge in [-0.2, -0.15) is 9.29 Å². The van der Waals surface area contributed by atoms with Crippen LogP contribution >= 0.6 is 34.8 Å². The fourth-order valence-corrected chi connectivity index (χ4v) is 11.2. The molecule has 6 N–H and O–H groups in total. The van der Waals surface area contributed by atoms with Crippen LogP contribution in [0.5, 0.6) is 0 Å². The number of benzene rings is 3. The number of ether oxygens (including phenoxy) is 1. The zero-order chi connectivity index (χ0) is 48.1. The zero-order valence-electron chi connectivity index (χ0n) is 36.4. The second kappa shape index (κ2) is 20.8. The molecule has 3 aliphatic rings. The summed E-state index contributed by atoms with van der Waals surface area (Å²) in [5.74, 6) is 4.84. The number of hydrogen-bond donors (Lipinski definition) is 5. The Bertz CT molecular complexity index is 2980. The van der Waals surface area contributed by atoms with Crippen molar-refractivity contribution >= 4 is 68.2 Å². The van der Waals surface area contributed by atoms with Crippen LogP contribution < -0.4 is 36.5 Å². The Balaban J connectivity index is 1.04. The number of nitrogens with one attached hydrogen (secondary N) is 1. The summed E-state index contributed by atoms with van der Waals surface area (Å²) in [5.41, 5.74) is 9.68. The minimum atomic E-state index is -5.81. The molecule has 3 unspecified atom stereocenters. The van der Waals surface area contributed by atoms with Crippen molar-refractivity contribution < 1.29 is 60.7 Å². The van der Waals surface area contributed by atoms with Gasteiger partial charge in [0.2, 0.25) is 11.3 Å². The van der Waals surface area contributed by atoms with E-state index in [0.717, 1.165) is 47.3 Å². The van der Waals surface area contributed by atoms with Crippen molar-refractivity contribution in [3.63, 3.8) is 0 Å². The van der Waals surface area contributed by atoms with Gasteiger partial charge in [0.25, 0.3) is 13.7 Å². The average Bonchev–Trinajstić information content (AvgIpc) is 3.71. The molecule has 2 aromatic carbocycles. The number of amides is 2. The monoisotopic (exact) mass is 987 g/mol. The second-order valence-electron chi connectivity index (χ2n) is 15.5. The highest BCUT2D eigenvalue weighted by atomic mass is 32.1. The second-order valence-corrected chi connectivity index (χ2v) is 20.9. The molecule has 0 radical (unpaired) electrons. The molecule has 6 rings (SSSR count). The first-order chi connectivity index (χ1) is 31.0. The van der Waals surface area contributed by atoms with E-state index < -0.39 is 48.1 Å². The third-order valence-corrected chi connectivity index (χ3v) is 15.1. The quantitative estimate of drug-likeness (QED) is 0.0410. The Hall–Kier alpha value is -5.10. The summed E-state index contributed by atoms with van der Waals surface area (Å²) in [6.45, 7) is -0.486. The SMILES string of the molecule is CN(CCCC(=O)NCC#Cc1cn([C@H]2CC[C@@H](COP(=O)(O)OP(=O)(O)OP(=O)([O-])O)O2)c(=O)nc1N)C(=O)c1ccccc1-c1c2ccc(=[N+](C)C)cc-2sc2cc(N(C)C)ccc12. The molecular weight excluding hydrogens is 939 g/mol. The van der Waals surface area contributed by atoms with E-state index >= 15 is 0 Å². The lowest BCUT2D eigenvalue weighted by molar-refractivity contribution is -0.212. The van der Waals surface area contributed by atoms with Crippen molar-refractivity contribution in [1.82, 2.24) is 24.3 Å². The van der Waals surface area contributed by atoms with Gasteiger partial charge in [-0.25, -0.2) is 22.8 Å². The fourth-order valence-electron chi connectivity index (χ4n) is 7.03. The number of anilines is 2. The Morgan fingerprint density at radius 3 is 2.48 bits per heavy atom. The van der Waals surface area contributed by atoms with Crippen molar-refractivity contribution in [3.8, 4) is 33.4 Å². The van der Waals surface area contributed by atoms with E-state index in [9.17, 15) is 42.8 Å². The van der Waals surface area contributed by atoms with E-state index in [2.05, 4.69) is 81.2 Å². The van der Waals surface area contributed by atoms with Gasteiger partial charge in [-0.05, 0) is 54.7 Å². The number of phosphoric ester groups is 1. The number of aromatic nitrogens is 2. The Morgan fingerprint density at radius 2 is 1.77 bits per heavy atom. The summed E-state index contributed by atoms with van der Waals surface area (Å²) >= 11 is 1.71. The van der Waals surface area contributed by atoms with Crippen molar-refractivity contribution in [2.75, 3.05) is 65.6 Å². The molecule has 2 aliphatic heterocycles. The standard InChI is InChI=1S/C41H48N7O14P3S/c1-45(2)27-14-17-32-34(22-27)66-35-23-28(46(3)4)15-18-33(35)38(32)30-11-6-7-12-31(30)40(50)47(5)21-9-13-36(49)43-20-8-10-26-24-48(41(51)44-39(26)42)37-19-16-29(60-37)25-59-64(55,56)62-65(57,58)61-63(52,53)54/h6-7,11-12,14-15,17-18,22-24,29,37H,9,13,16,19-21,25H2,1-5H3,(H6-,42,43,44,49,51,52,53,54,55,56,57,58)/t29-,37+/m0/s1. The van der Waals surface area contributed by atoms with Crippen LogP contribution in [0.3, 0.4) is 0 Å². The zero-order valence-corrected chi connectivity index (χ0v) is 39.9. The molecule has 25 heteroatoms. The number of carbonyl (C=O) groups is 2. The first-order valence-corrected chi connectivity index (χ1v) is 25.4. The molecular formula is C41H48N7O14P3S. The van der Waals surface area contributed by atoms with Crippen LogP contribution in [-0.4, -0.2) is 102 Å². The molecule has 66 heavy (non-hydrogen) atoms. The van der Waals surface area contributed by atoms with Crippen molar-refractivity contribution in [2.24, 2.45) is 0 Å². The van der Waals surface area contributed by atoms with Crippen molar-refractivity contribution in [3.05, 3.63) is 93.8 Å². The number of nitrogen functional groups attached to an aromatic ring is 1. The van der Waals surface area contributed by atoms with E-state index in [1.807, 2.05) is 52.5 Å². The predicted molar refractivity (Wildman–Crippen MR) is 245 cm³/mol. The van der Waals surface area contributed by atoms with E-state index in [-0.39, 0.29) is 49.0 Å². The first kappa shape index (κ1) is 50.3. The summed E-state index contributed by atoms with van der Waals surface area (Å²) in [5, 5.41) is 4.81. The lowest BCUT2D eigenvalue weighted by atomic mass is 9.91. The van der Waals surface area contributed by atoms with Gasteiger partial charge in [-0.1, -0.05) is 36.1 Å². The normalized spacial score (nSPS) is 17.5. The summed E-state index contributed by atoms with van der Waals surface area (Å²) in [6.07, 6.45) is 0.185. The number of fused-ring (bicyclic) bond motifs is 2. The van der Waals surface area contributed by atoms with Gasteiger partial charge in [0.1, 0.15) is 26.1 Å². The van der Waals surface area contributed by atoms with Gasteiger partial charge in [-0.15, -0.1) is 11.3 Å². The average molecular weight is 988 g/mol. The molecule has 1 fully saturated rings. The van der Waals surface area contributed by atoms with Crippen molar-refractivity contribution in [2.45, 2.75) is 38.0 Å². The number of nitrogens with zero attached hydrogens (tertiary/aromatic N) is 5. The molecule has 2 amide bonds. The highest BCUT2D eigenvalue weighted by Crippen LogP contribution is 2.65. The van der Waals surface area contributed by atoms with Gasteiger partial charge in [0, 0.05) is 84.2 Å². The first-order valence-electron chi connectivity index (χ1n) is 20.1. The molecule has 3 heterocycles. The van der Waals surface area contributed by atoms with Crippen LogP contribution in [0.1, 0.15) is 47.8 Å². The van der Waals surface area contributed by atoms with Crippen LogP contribution in [-0.2, 0) is 36.4 Å². The Labute approximate surface area is 382 Å². The highest BCUT2D eigenvalue weighted by Gasteiger charge is 2.39. The molecule has 0 saturated carbocycles. The molecule has 352 valence electrons. The number of hydrogen-bond acceptors (Lipinski definition) is 15. The minimum Gasteiger partial charge on any atom is -0.756 e. The molecule has 1 aromatic heterocycles. The maximum Gasteiger partial charge on any atom is 0.487 e. The van der Waals surface area contributed by atoms with Crippen LogP contribution in [0.2, 0.25) is 0 Å². The lowest BCUT2D eigenvalue weighted by Crippen LogP contribution is -2.30. The topological polar surface area (TPSA) is 288 Å². The highest BCUT2D eigenvalue weighted by molar-refractivity contribution is 7.66. The van der Waals surface area contributed by atoms with Gasteiger partial charge < -0.3 is 45.2 Å². The Morgan fingerprint density at radius 1 is 1.03 bits per heavy atom. The van der Waals surface area contributed by atoms with E-state index in [1.165, 1.54) is 6.20 Å². The van der Waals surface area contributed by atoms with E-state index in [0.29, 0.717) is 18.5 Å². The van der Waals surface area contributed by atoms with Gasteiger partial charge in [-0.3, -0.25) is 23.2 Å².